The molecule has 0 aliphatic carbocycles. The zero-order chi connectivity index (χ0) is 13.1. The molecule has 1 aromatic rings. The highest BCUT2D eigenvalue weighted by Crippen LogP contribution is 2.11. The lowest BCUT2D eigenvalue weighted by molar-refractivity contribution is 0.347. The van der Waals surface area contributed by atoms with Crippen molar-refractivity contribution < 1.29 is 4.21 Å². The van der Waals surface area contributed by atoms with E-state index in [4.69, 9.17) is 0 Å². The Balaban J connectivity index is 2.48. The smallest absolute Gasteiger partial charge is 0.0965 e. The fraction of sp³-hybridized carbons (Fsp3) is 0.818. The molecule has 6 heteroatoms. The van der Waals surface area contributed by atoms with Crippen LogP contribution in [0.5, 0.6) is 0 Å². The quantitative estimate of drug-likeness (QED) is 0.852. The average molecular weight is 258 g/mol. The van der Waals surface area contributed by atoms with Crippen molar-refractivity contribution in [1.29, 1.82) is 0 Å². The van der Waals surface area contributed by atoms with E-state index in [1.165, 1.54) is 0 Å². The van der Waals surface area contributed by atoms with Crippen molar-refractivity contribution in [2.75, 3.05) is 12.0 Å². The van der Waals surface area contributed by atoms with Crippen LogP contribution < -0.4 is 5.32 Å². The van der Waals surface area contributed by atoms with Crippen molar-refractivity contribution in [3.05, 3.63) is 11.9 Å². The van der Waals surface area contributed by atoms with Crippen LogP contribution in [0.15, 0.2) is 6.20 Å². The molecule has 17 heavy (non-hydrogen) atoms. The summed E-state index contributed by atoms with van der Waals surface area (Å²) in [6.07, 6.45) is 3.66. The monoisotopic (exact) mass is 258 g/mol. The minimum Gasteiger partial charge on any atom is -0.308 e. The molecule has 0 aromatic carbocycles. The van der Waals surface area contributed by atoms with Crippen LogP contribution in [0.3, 0.4) is 0 Å². The first-order valence-corrected chi connectivity index (χ1v) is 7.47. The van der Waals surface area contributed by atoms with Crippen LogP contribution in [0.25, 0.3) is 0 Å². The predicted molar refractivity (Wildman–Crippen MR) is 70.3 cm³/mol. The Labute approximate surface area is 105 Å². The Morgan fingerprint density at radius 2 is 2.18 bits per heavy atom. The van der Waals surface area contributed by atoms with E-state index in [1.807, 2.05) is 17.8 Å². The summed E-state index contributed by atoms with van der Waals surface area (Å²) >= 11 is 0. The van der Waals surface area contributed by atoms with Crippen LogP contribution in [-0.2, 0) is 22.9 Å². The molecule has 0 aliphatic rings. The number of aromatic nitrogens is 3. The zero-order valence-electron chi connectivity index (χ0n) is 11.2. The van der Waals surface area contributed by atoms with Crippen molar-refractivity contribution in [1.82, 2.24) is 20.3 Å². The summed E-state index contributed by atoms with van der Waals surface area (Å²) in [4.78, 5) is 0. The van der Waals surface area contributed by atoms with Gasteiger partial charge in [0.05, 0.1) is 17.4 Å². The van der Waals surface area contributed by atoms with Crippen molar-refractivity contribution in [2.45, 2.75) is 45.8 Å². The maximum Gasteiger partial charge on any atom is 0.0965 e. The lowest BCUT2D eigenvalue weighted by Gasteiger charge is -2.17. The molecule has 0 amide bonds. The Hall–Kier alpha value is -0.750. The first-order chi connectivity index (χ1) is 7.79. The van der Waals surface area contributed by atoms with Gasteiger partial charge in [-0.2, -0.15) is 0 Å². The van der Waals surface area contributed by atoms with Gasteiger partial charge in [-0.1, -0.05) is 5.21 Å². The molecular formula is C11H22N4OS. The topological polar surface area (TPSA) is 59.8 Å². The van der Waals surface area contributed by atoms with Crippen LogP contribution in [0, 0.1) is 0 Å². The summed E-state index contributed by atoms with van der Waals surface area (Å²) in [6, 6.07) is 0.223. The average Bonchev–Trinajstić information content (AvgIpc) is 2.61. The van der Waals surface area contributed by atoms with Gasteiger partial charge in [-0.05, 0) is 27.7 Å². The maximum absolute atomic E-state index is 11.0. The number of hydrogen-bond donors (Lipinski definition) is 1. The van der Waals surface area contributed by atoms with Gasteiger partial charge in [0.15, 0.2) is 0 Å². The van der Waals surface area contributed by atoms with Gasteiger partial charge >= 0.3 is 0 Å². The summed E-state index contributed by atoms with van der Waals surface area (Å²) in [5, 5.41) is 11.5. The molecular weight excluding hydrogens is 236 g/mol. The first-order valence-electron chi connectivity index (χ1n) is 5.74. The van der Waals surface area contributed by atoms with E-state index in [-0.39, 0.29) is 11.6 Å². The minimum atomic E-state index is -0.766. The lowest BCUT2D eigenvalue weighted by Crippen LogP contribution is -2.30. The maximum atomic E-state index is 11.0. The van der Waals surface area contributed by atoms with Crippen molar-refractivity contribution in [3.8, 4) is 0 Å². The summed E-state index contributed by atoms with van der Waals surface area (Å²) in [7, 11) is -0.766. The highest BCUT2D eigenvalue weighted by atomic mass is 32.2. The number of hydrogen-bond acceptors (Lipinski definition) is 4. The van der Waals surface area contributed by atoms with Gasteiger partial charge in [-0.15, -0.1) is 5.10 Å². The van der Waals surface area contributed by atoms with Crippen LogP contribution in [0.4, 0.5) is 0 Å². The van der Waals surface area contributed by atoms with E-state index in [1.54, 1.807) is 6.26 Å². The van der Waals surface area contributed by atoms with Gasteiger partial charge in [-0.25, -0.2) is 4.68 Å². The molecule has 1 rings (SSSR count). The second-order valence-electron chi connectivity index (χ2n) is 5.35. The highest BCUT2D eigenvalue weighted by Gasteiger charge is 2.15. The highest BCUT2D eigenvalue weighted by molar-refractivity contribution is 7.84. The van der Waals surface area contributed by atoms with Crippen LogP contribution in [0.1, 0.15) is 33.4 Å². The van der Waals surface area contributed by atoms with Crippen molar-refractivity contribution >= 4 is 10.8 Å². The standard InChI is InChI=1S/C11H22N4OS/c1-9(8-17(5)16)12-6-10-7-15(14-13-10)11(2,3)4/h7,9,12H,6,8H2,1-5H3. The third-order valence-corrected chi connectivity index (χ3v) is 3.31. The molecule has 0 aliphatic heterocycles. The van der Waals surface area contributed by atoms with Gasteiger partial charge < -0.3 is 5.32 Å². The number of nitrogens with zero attached hydrogens (tertiary/aromatic N) is 3. The molecule has 1 N–H and O–H groups in total. The first kappa shape index (κ1) is 14.3. The number of rotatable bonds is 5. The van der Waals surface area contributed by atoms with Gasteiger partial charge in [0.2, 0.25) is 0 Å². The molecule has 1 aromatic heterocycles. The fourth-order valence-electron chi connectivity index (χ4n) is 1.40. The van der Waals surface area contributed by atoms with Crippen LogP contribution in [-0.4, -0.2) is 37.3 Å². The molecule has 1 heterocycles. The Morgan fingerprint density at radius 1 is 1.53 bits per heavy atom. The third-order valence-electron chi connectivity index (χ3n) is 2.34. The molecule has 0 radical (unpaired) electrons. The van der Waals surface area contributed by atoms with E-state index in [0.717, 1.165) is 5.69 Å². The molecule has 0 saturated carbocycles. The molecule has 2 atom stereocenters. The predicted octanol–water partition coefficient (Wildman–Crippen LogP) is 0.890. The van der Waals surface area contributed by atoms with Crippen LogP contribution >= 0.6 is 0 Å². The Bertz CT molecular complexity index is 383. The van der Waals surface area contributed by atoms with Gasteiger partial charge in [0.1, 0.15) is 0 Å². The second kappa shape index (κ2) is 5.73. The minimum absolute atomic E-state index is 0.0399. The van der Waals surface area contributed by atoms with Crippen molar-refractivity contribution in [3.63, 3.8) is 0 Å². The lowest BCUT2D eigenvalue weighted by atomic mass is 10.1. The Kier molecular flexibility index (Phi) is 4.82. The van der Waals surface area contributed by atoms with Gasteiger partial charge in [0.25, 0.3) is 0 Å². The van der Waals surface area contributed by atoms with E-state index < -0.39 is 10.8 Å². The molecule has 0 saturated heterocycles. The van der Waals surface area contributed by atoms with Crippen molar-refractivity contribution in [2.24, 2.45) is 0 Å². The largest absolute Gasteiger partial charge is 0.308 e. The molecule has 2 unspecified atom stereocenters. The van der Waals surface area contributed by atoms with Crippen LogP contribution in [0.2, 0.25) is 0 Å². The molecule has 0 bridgehead atoms. The third kappa shape index (κ3) is 4.95. The molecule has 0 spiro atoms. The van der Waals surface area contributed by atoms with E-state index in [2.05, 4.69) is 36.4 Å². The SMILES string of the molecule is CC(CS(C)=O)NCc1cn(C(C)(C)C)nn1. The summed E-state index contributed by atoms with van der Waals surface area (Å²) in [6.45, 7) is 8.94. The number of nitrogens with one attached hydrogen (secondary N) is 1. The van der Waals surface area contributed by atoms with E-state index in [0.29, 0.717) is 12.3 Å². The molecule has 0 fully saturated rings. The van der Waals surface area contributed by atoms with Gasteiger partial charge in [0, 0.05) is 35.4 Å². The fourth-order valence-corrected chi connectivity index (χ4v) is 2.22. The van der Waals surface area contributed by atoms with Gasteiger partial charge in [-0.3, -0.25) is 4.21 Å². The van der Waals surface area contributed by atoms with E-state index >= 15 is 0 Å². The second-order valence-corrected chi connectivity index (χ2v) is 6.83. The zero-order valence-corrected chi connectivity index (χ0v) is 12.0. The Morgan fingerprint density at radius 3 is 2.65 bits per heavy atom. The summed E-state index contributed by atoms with van der Waals surface area (Å²) in [5.41, 5.74) is 0.871. The van der Waals surface area contributed by atoms with E-state index in [9.17, 15) is 4.21 Å². The normalized spacial score (nSPS) is 15.8. The summed E-state index contributed by atoms with van der Waals surface area (Å²) in [5.74, 6) is 0.660. The summed E-state index contributed by atoms with van der Waals surface area (Å²) < 4.78 is 12.9. The molecule has 5 nitrogen and oxygen atoms in total. The molecule has 98 valence electrons.